The Labute approximate surface area is 190 Å². The average Bonchev–Trinajstić information content (AvgIpc) is 3.34. The van der Waals surface area contributed by atoms with Gasteiger partial charge >= 0.3 is 0 Å². The van der Waals surface area contributed by atoms with Crippen LogP contribution < -0.4 is 15.8 Å². The van der Waals surface area contributed by atoms with Gasteiger partial charge in [-0.15, -0.1) is 0 Å². The maximum Gasteiger partial charge on any atom is 0.261 e. The Bertz CT molecular complexity index is 1270. The minimum Gasteiger partial charge on any atom is -0.337 e. The zero-order chi connectivity index (χ0) is 23.9. The summed E-state index contributed by atoms with van der Waals surface area (Å²) < 4.78 is 46.1. The predicted molar refractivity (Wildman–Crippen MR) is 120 cm³/mol. The zero-order valence-electron chi connectivity index (χ0n) is 18.1. The predicted octanol–water partition coefficient (Wildman–Crippen LogP) is 3.42. The number of rotatable bonds is 8. The molecule has 1 amide bonds. The summed E-state index contributed by atoms with van der Waals surface area (Å²) in [6.45, 7) is 2.20. The number of carbonyl (C=O) groups excluding carboxylic acids is 1. The van der Waals surface area contributed by atoms with Crippen molar-refractivity contribution in [1.82, 2.24) is 10.1 Å². The minimum absolute atomic E-state index is 0.0505. The smallest absolute Gasteiger partial charge is 0.261 e. The lowest BCUT2D eigenvalue weighted by Gasteiger charge is -2.19. The van der Waals surface area contributed by atoms with Crippen LogP contribution in [0.25, 0.3) is 11.4 Å². The molecular formula is C22H24FN5O4S. The summed E-state index contributed by atoms with van der Waals surface area (Å²) >= 11 is 0. The Hall–Kier alpha value is -3.31. The van der Waals surface area contributed by atoms with E-state index in [2.05, 4.69) is 20.2 Å². The number of nitrogens with two attached hydrogens (primary N) is 1. The van der Waals surface area contributed by atoms with Gasteiger partial charge in [0.25, 0.3) is 10.0 Å². The first-order valence-corrected chi connectivity index (χ1v) is 11.7. The largest absolute Gasteiger partial charge is 0.337 e. The van der Waals surface area contributed by atoms with Crippen molar-refractivity contribution in [1.29, 1.82) is 0 Å². The minimum atomic E-state index is -3.85. The second kappa shape index (κ2) is 8.23. The number of amides is 1. The second-order valence-electron chi connectivity index (χ2n) is 8.76. The highest BCUT2D eigenvalue weighted by Gasteiger charge is 2.45. The number of halogens is 1. The van der Waals surface area contributed by atoms with Crippen molar-refractivity contribution in [3.05, 3.63) is 54.4 Å². The van der Waals surface area contributed by atoms with Crippen LogP contribution in [0.3, 0.4) is 0 Å². The fourth-order valence-corrected chi connectivity index (χ4v) is 3.93. The number of alkyl halides is 1. The topological polar surface area (TPSA) is 140 Å². The van der Waals surface area contributed by atoms with Crippen LogP contribution in [0.1, 0.15) is 32.6 Å². The third kappa shape index (κ3) is 4.88. The van der Waals surface area contributed by atoms with Gasteiger partial charge in [-0.1, -0.05) is 5.16 Å². The number of aromatic nitrogens is 2. The van der Waals surface area contributed by atoms with E-state index in [1.54, 1.807) is 12.1 Å². The molecule has 33 heavy (non-hydrogen) atoms. The van der Waals surface area contributed by atoms with Gasteiger partial charge in [0, 0.05) is 16.9 Å². The molecule has 2 aromatic carbocycles. The second-order valence-corrected chi connectivity index (χ2v) is 10.4. The van der Waals surface area contributed by atoms with Gasteiger partial charge in [0.05, 0.1) is 15.8 Å². The van der Waals surface area contributed by atoms with Gasteiger partial charge in [-0.2, -0.15) is 4.98 Å². The highest BCUT2D eigenvalue weighted by molar-refractivity contribution is 7.92. The molecule has 0 bridgehead atoms. The SMILES string of the molecule is CC(C)(CF)C(=O)Nc1ccc(NS(=O)(=O)c2ccc(-c3noc(C4(N)CC4)n3)cc2)cc1. The van der Waals surface area contributed by atoms with Crippen LogP contribution in [0.15, 0.2) is 57.9 Å². The molecule has 0 radical (unpaired) electrons. The van der Waals surface area contributed by atoms with Gasteiger partial charge < -0.3 is 15.6 Å². The van der Waals surface area contributed by atoms with Crippen LogP contribution in [-0.2, 0) is 20.4 Å². The summed E-state index contributed by atoms with van der Waals surface area (Å²) in [5.41, 5.74) is 5.70. The van der Waals surface area contributed by atoms with E-state index >= 15 is 0 Å². The summed E-state index contributed by atoms with van der Waals surface area (Å²) in [5.74, 6) is 0.252. The Morgan fingerprint density at radius 1 is 1.12 bits per heavy atom. The van der Waals surface area contributed by atoms with Crippen molar-refractivity contribution in [2.45, 2.75) is 37.1 Å². The zero-order valence-corrected chi connectivity index (χ0v) is 18.9. The Morgan fingerprint density at radius 2 is 1.73 bits per heavy atom. The van der Waals surface area contributed by atoms with Gasteiger partial charge in [0.15, 0.2) is 0 Å². The molecule has 1 heterocycles. The van der Waals surface area contributed by atoms with Gasteiger partial charge in [-0.05, 0) is 75.2 Å². The quantitative estimate of drug-likeness (QED) is 0.455. The van der Waals surface area contributed by atoms with Crippen molar-refractivity contribution in [3.8, 4) is 11.4 Å². The van der Waals surface area contributed by atoms with E-state index in [1.165, 1.54) is 50.2 Å². The van der Waals surface area contributed by atoms with Crippen LogP contribution in [-0.4, -0.2) is 31.1 Å². The first-order chi connectivity index (χ1) is 15.5. The van der Waals surface area contributed by atoms with Crippen molar-refractivity contribution in [2.75, 3.05) is 16.7 Å². The summed E-state index contributed by atoms with van der Waals surface area (Å²) in [7, 11) is -3.85. The van der Waals surface area contributed by atoms with Gasteiger partial charge in [-0.25, -0.2) is 12.8 Å². The van der Waals surface area contributed by atoms with Crippen LogP contribution in [0, 0.1) is 5.41 Å². The maximum absolute atomic E-state index is 13.0. The highest BCUT2D eigenvalue weighted by Crippen LogP contribution is 2.42. The van der Waals surface area contributed by atoms with E-state index in [-0.39, 0.29) is 4.90 Å². The molecule has 0 aliphatic heterocycles. The van der Waals surface area contributed by atoms with Crippen LogP contribution in [0.4, 0.5) is 15.8 Å². The van der Waals surface area contributed by atoms with Gasteiger partial charge in [0.1, 0.15) is 6.67 Å². The third-order valence-electron chi connectivity index (χ3n) is 5.41. The number of benzene rings is 2. The van der Waals surface area contributed by atoms with Crippen LogP contribution in [0.2, 0.25) is 0 Å². The number of anilines is 2. The molecule has 3 aromatic rings. The fraction of sp³-hybridized carbons (Fsp3) is 0.318. The van der Waals surface area contributed by atoms with E-state index in [4.69, 9.17) is 10.3 Å². The molecule has 1 aliphatic carbocycles. The van der Waals surface area contributed by atoms with Gasteiger partial charge in [0.2, 0.25) is 17.6 Å². The summed E-state index contributed by atoms with van der Waals surface area (Å²) in [5, 5.41) is 6.53. The van der Waals surface area contributed by atoms with Crippen molar-refractivity contribution < 1.29 is 22.1 Å². The van der Waals surface area contributed by atoms with Crippen molar-refractivity contribution in [3.63, 3.8) is 0 Å². The molecule has 1 fully saturated rings. The number of nitrogens with one attached hydrogen (secondary N) is 2. The number of hydrogen-bond acceptors (Lipinski definition) is 7. The molecule has 4 N–H and O–H groups in total. The molecule has 4 rings (SSSR count). The molecule has 0 saturated heterocycles. The molecule has 1 saturated carbocycles. The normalized spacial score (nSPS) is 15.2. The molecule has 0 unspecified atom stereocenters. The standard InChI is InChI=1S/C22H24FN5O4S/c1-21(2,13-23)19(29)25-15-5-7-16(8-6-15)28-33(30,31)17-9-3-14(4-10-17)18-26-20(32-27-18)22(24)11-12-22/h3-10,28H,11-13,24H2,1-2H3,(H,25,29). The summed E-state index contributed by atoms with van der Waals surface area (Å²) in [4.78, 5) is 16.4. The molecule has 11 heteroatoms. The van der Waals surface area contributed by atoms with E-state index in [0.29, 0.717) is 28.7 Å². The lowest BCUT2D eigenvalue weighted by atomic mass is 9.94. The van der Waals surface area contributed by atoms with Crippen molar-refractivity contribution in [2.24, 2.45) is 11.1 Å². The number of carbonyl (C=O) groups is 1. The van der Waals surface area contributed by atoms with Crippen LogP contribution >= 0.6 is 0 Å². The lowest BCUT2D eigenvalue weighted by molar-refractivity contribution is -0.124. The summed E-state index contributed by atoms with van der Waals surface area (Å²) in [6, 6.07) is 12.1. The molecule has 0 spiro atoms. The molecule has 174 valence electrons. The van der Waals surface area contributed by atoms with E-state index < -0.39 is 33.6 Å². The fourth-order valence-electron chi connectivity index (χ4n) is 2.87. The first kappa shape index (κ1) is 22.9. The Morgan fingerprint density at radius 3 is 2.30 bits per heavy atom. The molecule has 1 aromatic heterocycles. The monoisotopic (exact) mass is 473 g/mol. The molecule has 9 nitrogen and oxygen atoms in total. The lowest BCUT2D eigenvalue weighted by Crippen LogP contribution is -2.32. The highest BCUT2D eigenvalue weighted by atomic mass is 32.2. The Balaban J connectivity index is 1.43. The molecule has 0 atom stereocenters. The van der Waals surface area contributed by atoms with Crippen molar-refractivity contribution >= 4 is 27.3 Å². The van der Waals surface area contributed by atoms with E-state index in [1.807, 2.05) is 0 Å². The Kier molecular flexibility index (Phi) is 5.71. The van der Waals surface area contributed by atoms with E-state index in [0.717, 1.165) is 12.8 Å². The number of sulfonamides is 1. The summed E-state index contributed by atoms with van der Waals surface area (Å²) in [6.07, 6.45) is 1.58. The van der Waals surface area contributed by atoms with Gasteiger partial charge in [-0.3, -0.25) is 9.52 Å². The van der Waals surface area contributed by atoms with Crippen LogP contribution in [0.5, 0.6) is 0 Å². The number of nitrogens with zero attached hydrogens (tertiary/aromatic N) is 2. The number of hydrogen-bond donors (Lipinski definition) is 3. The van der Waals surface area contributed by atoms with E-state index in [9.17, 15) is 17.6 Å². The molecular weight excluding hydrogens is 449 g/mol. The molecule has 1 aliphatic rings. The third-order valence-corrected chi connectivity index (χ3v) is 6.80. The maximum atomic E-state index is 13.0. The average molecular weight is 474 g/mol. The first-order valence-electron chi connectivity index (χ1n) is 10.3.